The molecule has 0 spiro atoms. The highest BCUT2D eigenvalue weighted by Gasteiger charge is 2.09. The second kappa shape index (κ2) is 5.68. The molecule has 0 aliphatic heterocycles. The van der Waals surface area contributed by atoms with Gasteiger partial charge in [0.1, 0.15) is 0 Å². The Morgan fingerprint density at radius 3 is 2.77 bits per heavy atom. The molecule has 0 saturated heterocycles. The fourth-order valence-electron chi connectivity index (χ4n) is 2.77. The average molecular weight is 292 g/mol. The maximum Gasteiger partial charge on any atom is 0.198 e. The number of para-hydroxylation sites is 1. The summed E-state index contributed by atoms with van der Waals surface area (Å²) in [4.78, 5) is 7.66. The van der Waals surface area contributed by atoms with Crippen molar-refractivity contribution in [2.75, 3.05) is 0 Å². The number of hydrogen-bond donors (Lipinski definition) is 2. The Morgan fingerprint density at radius 2 is 2.00 bits per heavy atom. The van der Waals surface area contributed by atoms with Crippen molar-refractivity contribution in [3.05, 3.63) is 58.7 Å². The zero-order valence-electron chi connectivity index (χ0n) is 13.1. The average Bonchev–Trinajstić information content (AvgIpc) is 2.80. The summed E-state index contributed by atoms with van der Waals surface area (Å²) in [5, 5.41) is 11.1. The molecule has 22 heavy (non-hydrogen) atoms. The van der Waals surface area contributed by atoms with E-state index in [0.717, 1.165) is 39.7 Å². The van der Waals surface area contributed by atoms with Crippen molar-refractivity contribution in [2.24, 2.45) is 4.99 Å². The third-order valence-electron chi connectivity index (χ3n) is 4.00. The second-order valence-electron chi connectivity index (χ2n) is 5.63. The molecule has 0 amide bonds. The van der Waals surface area contributed by atoms with Gasteiger partial charge < -0.3 is 10.1 Å². The predicted octanol–water partition coefficient (Wildman–Crippen LogP) is 4.80. The fraction of sp³-hybridized carbons (Fsp3) is 0.211. The van der Waals surface area contributed by atoms with E-state index in [4.69, 9.17) is 0 Å². The second-order valence-corrected chi connectivity index (χ2v) is 5.63. The summed E-state index contributed by atoms with van der Waals surface area (Å²) in [5.41, 5.74) is 6.17. The summed E-state index contributed by atoms with van der Waals surface area (Å²) in [6, 6.07) is 12.3. The van der Waals surface area contributed by atoms with Crippen molar-refractivity contribution in [3.8, 4) is 5.88 Å². The van der Waals surface area contributed by atoms with Gasteiger partial charge in [-0.3, -0.25) is 4.99 Å². The van der Waals surface area contributed by atoms with Crippen LogP contribution in [0.5, 0.6) is 5.88 Å². The van der Waals surface area contributed by atoms with E-state index in [0.29, 0.717) is 0 Å². The first-order valence-corrected chi connectivity index (χ1v) is 7.54. The highest BCUT2D eigenvalue weighted by Crippen LogP contribution is 2.29. The summed E-state index contributed by atoms with van der Waals surface area (Å²) in [5.74, 6) is 0.163. The smallest absolute Gasteiger partial charge is 0.198 e. The van der Waals surface area contributed by atoms with Gasteiger partial charge in [-0.05, 0) is 43.0 Å². The Balaban J connectivity index is 2.09. The number of H-pyrrole nitrogens is 1. The predicted molar refractivity (Wildman–Crippen MR) is 92.5 cm³/mol. The van der Waals surface area contributed by atoms with Crippen LogP contribution < -0.4 is 0 Å². The molecule has 1 heterocycles. The molecule has 2 aromatic carbocycles. The maximum atomic E-state index is 10.2. The summed E-state index contributed by atoms with van der Waals surface area (Å²) >= 11 is 0. The normalized spacial score (nSPS) is 11.6. The molecule has 3 nitrogen and oxygen atoms in total. The molecular weight excluding hydrogens is 272 g/mol. The molecule has 3 heteroatoms. The first-order chi connectivity index (χ1) is 10.6. The fourth-order valence-corrected chi connectivity index (χ4v) is 2.77. The minimum absolute atomic E-state index is 0.163. The lowest BCUT2D eigenvalue weighted by Crippen LogP contribution is -1.86. The Kier molecular flexibility index (Phi) is 3.72. The van der Waals surface area contributed by atoms with Crippen LogP contribution in [0.25, 0.3) is 10.9 Å². The summed E-state index contributed by atoms with van der Waals surface area (Å²) in [6.45, 7) is 6.22. The standard InChI is InChI=1S/C19H20N2O/c1-4-14-7-5-6-13(3)18(14)20-11-16-15-9-8-12(2)10-17(15)21-19(16)22/h5-11,21-22H,4H2,1-3H3. The molecule has 0 fully saturated rings. The first kappa shape index (κ1) is 14.4. The van der Waals surface area contributed by atoms with E-state index in [2.05, 4.69) is 42.0 Å². The highest BCUT2D eigenvalue weighted by atomic mass is 16.3. The number of benzene rings is 2. The first-order valence-electron chi connectivity index (χ1n) is 7.54. The quantitative estimate of drug-likeness (QED) is 0.669. The topological polar surface area (TPSA) is 48.4 Å². The molecule has 112 valence electrons. The van der Waals surface area contributed by atoms with Crippen LogP contribution in [0.3, 0.4) is 0 Å². The van der Waals surface area contributed by atoms with Crippen molar-refractivity contribution in [1.82, 2.24) is 4.98 Å². The number of aromatic amines is 1. The molecule has 2 N–H and O–H groups in total. The zero-order chi connectivity index (χ0) is 15.7. The Hall–Kier alpha value is -2.55. The molecule has 3 rings (SSSR count). The van der Waals surface area contributed by atoms with Crippen LogP contribution in [0.1, 0.15) is 29.2 Å². The van der Waals surface area contributed by atoms with Gasteiger partial charge in [-0.2, -0.15) is 0 Å². The number of aryl methyl sites for hydroxylation is 3. The van der Waals surface area contributed by atoms with Gasteiger partial charge in [-0.1, -0.05) is 37.3 Å². The van der Waals surface area contributed by atoms with Crippen LogP contribution in [-0.2, 0) is 6.42 Å². The van der Waals surface area contributed by atoms with Crippen molar-refractivity contribution >= 4 is 22.8 Å². The number of hydrogen-bond acceptors (Lipinski definition) is 2. The highest BCUT2D eigenvalue weighted by molar-refractivity contribution is 6.02. The number of nitrogens with one attached hydrogen (secondary N) is 1. The molecule has 1 aromatic heterocycles. The van der Waals surface area contributed by atoms with Crippen molar-refractivity contribution < 1.29 is 5.11 Å². The van der Waals surface area contributed by atoms with Crippen LogP contribution >= 0.6 is 0 Å². The van der Waals surface area contributed by atoms with Crippen LogP contribution in [0.15, 0.2) is 41.4 Å². The molecule has 0 unspecified atom stereocenters. The number of aromatic hydroxyl groups is 1. The van der Waals surface area contributed by atoms with Gasteiger partial charge in [0.25, 0.3) is 0 Å². The van der Waals surface area contributed by atoms with Crippen molar-refractivity contribution in [3.63, 3.8) is 0 Å². The third-order valence-corrected chi connectivity index (χ3v) is 4.00. The van der Waals surface area contributed by atoms with Crippen LogP contribution in [0.2, 0.25) is 0 Å². The molecule has 0 atom stereocenters. The summed E-state index contributed by atoms with van der Waals surface area (Å²) < 4.78 is 0. The van der Waals surface area contributed by atoms with Gasteiger partial charge >= 0.3 is 0 Å². The van der Waals surface area contributed by atoms with E-state index >= 15 is 0 Å². The largest absolute Gasteiger partial charge is 0.494 e. The summed E-state index contributed by atoms with van der Waals surface area (Å²) in [6.07, 6.45) is 2.69. The molecular formula is C19H20N2O. The van der Waals surface area contributed by atoms with Gasteiger partial charge in [-0.25, -0.2) is 0 Å². The van der Waals surface area contributed by atoms with E-state index in [1.54, 1.807) is 6.21 Å². The van der Waals surface area contributed by atoms with E-state index in [-0.39, 0.29) is 5.88 Å². The number of fused-ring (bicyclic) bond motifs is 1. The van der Waals surface area contributed by atoms with Gasteiger partial charge in [0.2, 0.25) is 0 Å². The number of nitrogens with zero attached hydrogens (tertiary/aromatic N) is 1. The van der Waals surface area contributed by atoms with Crippen molar-refractivity contribution in [2.45, 2.75) is 27.2 Å². The number of aliphatic imine (C=N–C) groups is 1. The lowest BCUT2D eigenvalue weighted by molar-refractivity contribution is 0.457. The summed E-state index contributed by atoms with van der Waals surface area (Å²) in [7, 11) is 0. The number of aromatic nitrogens is 1. The van der Waals surface area contributed by atoms with E-state index in [9.17, 15) is 5.11 Å². The maximum absolute atomic E-state index is 10.2. The SMILES string of the molecule is CCc1cccc(C)c1N=Cc1c(O)[nH]c2cc(C)ccc12. The van der Waals surface area contributed by atoms with Gasteiger partial charge in [0, 0.05) is 17.1 Å². The lowest BCUT2D eigenvalue weighted by atomic mass is 10.1. The van der Waals surface area contributed by atoms with Crippen molar-refractivity contribution in [1.29, 1.82) is 0 Å². The monoisotopic (exact) mass is 292 g/mol. The van der Waals surface area contributed by atoms with Crippen LogP contribution in [0.4, 0.5) is 5.69 Å². The van der Waals surface area contributed by atoms with Gasteiger partial charge in [0.15, 0.2) is 5.88 Å². The molecule has 0 bridgehead atoms. The van der Waals surface area contributed by atoms with Crippen LogP contribution in [0, 0.1) is 13.8 Å². The third kappa shape index (κ3) is 2.50. The Labute approximate surface area is 130 Å². The molecule has 0 radical (unpaired) electrons. The molecule has 3 aromatic rings. The van der Waals surface area contributed by atoms with Gasteiger partial charge in [-0.15, -0.1) is 0 Å². The minimum atomic E-state index is 0.163. The molecule has 0 saturated carbocycles. The minimum Gasteiger partial charge on any atom is -0.494 e. The molecule has 0 aliphatic rings. The van der Waals surface area contributed by atoms with E-state index < -0.39 is 0 Å². The Morgan fingerprint density at radius 1 is 1.18 bits per heavy atom. The van der Waals surface area contributed by atoms with E-state index in [1.807, 2.05) is 25.1 Å². The Bertz CT molecular complexity index is 859. The van der Waals surface area contributed by atoms with E-state index in [1.165, 1.54) is 5.56 Å². The zero-order valence-corrected chi connectivity index (χ0v) is 13.1. The van der Waals surface area contributed by atoms with Crippen LogP contribution in [-0.4, -0.2) is 16.3 Å². The lowest BCUT2D eigenvalue weighted by Gasteiger charge is -2.05. The van der Waals surface area contributed by atoms with Gasteiger partial charge in [0.05, 0.1) is 11.3 Å². The molecule has 0 aliphatic carbocycles. The number of rotatable bonds is 3.